The van der Waals surface area contributed by atoms with Gasteiger partial charge in [0.15, 0.2) is 0 Å². The Morgan fingerprint density at radius 3 is 2.92 bits per heavy atom. The van der Waals surface area contributed by atoms with Crippen LogP contribution in [0.5, 0.6) is 5.75 Å². The third-order valence-electron chi connectivity index (χ3n) is 4.62. The fourth-order valence-electron chi connectivity index (χ4n) is 3.19. The van der Waals surface area contributed by atoms with E-state index in [1.165, 1.54) is 0 Å². The second-order valence-corrected chi connectivity index (χ2v) is 6.92. The van der Waals surface area contributed by atoms with E-state index in [1.807, 2.05) is 26.1 Å². The Kier molecular flexibility index (Phi) is 5.36. The normalized spacial score (nSPS) is 20.4. The van der Waals surface area contributed by atoms with Crippen molar-refractivity contribution in [2.75, 3.05) is 0 Å². The van der Waals surface area contributed by atoms with Crippen molar-refractivity contribution in [1.29, 1.82) is 0 Å². The number of hydrogen-bond donors (Lipinski definition) is 1. The van der Waals surface area contributed by atoms with Gasteiger partial charge in [-0.15, -0.1) is 5.10 Å². The number of ether oxygens (including phenoxy) is 1. The molecule has 1 N–H and O–H groups in total. The van der Waals surface area contributed by atoms with E-state index in [2.05, 4.69) is 31.2 Å². The van der Waals surface area contributed by atoms with Crippen molar-refractivity contribution in [1.82, 2.24) is 20.0 Å². The number of aromatic nitrogens is 4. The van der Waals surface area contributed by atoms with Crippen LogP contribution in [-0.2, 0) is 17.2 Å². The Morgan fingerprint density at radius 2 is 2.24 bits per heavy atom. The molecule has 2 aromatic rings. The lowest BCUT2D eigenvalue weighted by Gasteiger charge is -2.27. The maximum Gasteiger partial charge on any atom is 0.306 e. The van der Waals surface area contributed by atoms with Crippen LogP contribution in [-0.4, -0.2) is 37.2 Å². The van der Waals surface area contributed by atoms with Crippen LogP contribution in [0.1, 0.15) is 37.1 Å². The predicted octanol–water partition coefficient (Wildman–Crippen LogP) is 3.10. The number of aryl methyl sites for hydroxylation is 2. The number of carboxylic acid groups (broad SMARTS) is 1. The first-order valence-electron chi connectivity index (χ1n) is 8.31. The number of halogens is 1. The zero-order chi connectivity index (χ0) is 18.0. The first-order valence-corrected chi connectivity index (χ1v) is 9.43. The van der Waals surface area contributed by atoms with E-state index in [-0.39, 0.29) is 12.0 Å². The Labute approximate surface area is 154 Å². The van der Waals surface area contributed by atoms with E-state index < -0.39 is 5.97 Å². The summed E-state index contributed by atoms with van der Waals surface area (Å²) in [6.45, 7) is 1.89. The van der Waals surface area contributed by atoms with Gasteiger partial charge in [0.2, 0.25) is 0 Å². The molecule has 2 unspecified atom stereocenters. The SMILES string of the molecule is Cc1nc(-c2nnn(C)c2CBr)ccc1OC1CCCC(C(=O)O)C1. The average Bonchev–Trinajstić information content (AvgIpc) is 2.97. The van der Waals surface area contributed by atoms with E-state index in [9.17, 15) is 9.90 Å². The summed E-state index contributed by atoms with van der Waals surface area (Å²) in [4.78, 5) is 15.8. The van der Waals surface area contributed by atoms with Gasteiger partial charge in [-0.3, -0.25) is 9.48 Å². The number of aliphatic carboxylic acids is 1. The summed E-state index contributed by atoms with van der Waals surface area (Å²) >= 11 is 3.45. The molecule has 0 aromatic carbocycles. The molecular weight excluding hydrogens is 388 g/mol. The molecule has 134 valence electrons. The van der Waals surface area contributed by atoms with Crippen molar-refractivity contribution in [3.8, 4) is 17.1 Å². The van der Waals surface area contributed by atoms with Crippen LogP contribution in [0.15, 0.2) is 12.1 Å². The Hall–Kier alpha value is -1.96. The maximum absolute atomic E-state index is 11.2. The molecule has 0 bridgehead atoms. The fourth-order valence-corrected chi connectivity index (χ4v) is 3.81. The molecule has 0 aliphatic heterocycles. The van der Waals surface area contributed by atoms with Gasteiger partial charge in [-0.1, -0.05) is 21.1 Å². The summed E-state index contributed by atoms with van der Waals surface area (Å²) in [5.74, 6) is -0.347. The highest BCUT2D eigenvalue weighted by molar-refractivity contribution is 9.08. The summed E-state index contributed by atoms with van der Waals surface area (Å²) in [5, 5.41) is 18.1. The van der Waals surface area contributed by atoms with Gasteiger partial charge in [0.25, 0.3) is 0 Å². The number of rotatable bonds is 5. The molecule has 8 heteroatoms. The van der Waals surface area contributed by atoms with E-state index >= 15 is 0 Å². The highest BCUT2D eigenvalue weighted by Gasteiger charge is 2.28. The van der Waals surface area contributed by atoms with Crippen molar-refractivity contribution in [2.45, 2.75) is 44.0 Å². The van der Waals surface area contributed by atoms with Crippen LogP contribution in [0.3, 0.4) is 0 Å². The van der Waals surface area contributed by atoms with Gasteiger partial charge >= 0.3 is 5.97 Å². The molecule has 0 saturated heterocycles. The van der Waals surface area contributed by atoms with Crippen molar-refractivity contribution < 1.29 is 14.6 Å². The average molecular weight is 409 g/mol. The molecule has 2 atom stereocenters. The summed E-state index contributed by atoms with van der Waals surface area (Å²) in [5.41, 5.74) is 3.22. The first-order chi connectivity index (χ1) is 12.0. The van der Waals surface area contributed by atoms with E-state index in [4.69, 9.17) is 4.74 Å². The Bertz CT molecular complexity index is 777. The summed E-state index contributed by atoms with van der Waals surface area (Å²) in [6, 6.07) is 3.75. The molecule has 1 fully saturated rings. The van der Waals surface area contributed by atoms with Gasteiger partial charge in [0.1, 0.15) is 11.4 Å². The minimum absolute atomic E-state index is 0.0733. The van der Waals surface area contributed by atoms with Crippen molar-refractivity contribution >= 4 is 21.9 Å². The molecule has 7 nitrogen and oxygen atoms in total. The number of carboxylic acids is 1. The number of nitrogens with zero attached hydrogens (tertiary/aromatic N) is 4. The molecule has 1 aliphatic carbocycles. The smallest absolute Gasteiger partial charge is 0.306 e. The molecular formula is C17H21BrN4O3. The third-order valence-corrected chi connectivity index (χ3v) is 5.15. The third kappa shape index (κ3) is 3.84. The van der Waals surface area contributed by atoms with Crippen molar-refractivity contribution in [3.63, 3.8) is 0 Å². The van der Waals surface area contributed by atoms with Crippen LogP contribution >= 0.6 is 15.9 Å². The largest absolute Gasteiger partial charge is 0.489 e. The summed E-state index contributed by atoms with van der Waals surface area (Å²) in [7, 11) is 1.85. The molecule has 2 heterocycles. The lowest BCUT2D eigenvalue weighted by atomic mass is 9.87. The minimum Gasteiger partial charge on any atom is -0.489 e. The van der Waals surface area contributed by atoms with E-state index in [1.54, 1.807) is 4.68 Å². The van der Waals surface area contributed by atoms with Crippen molar-refractivity contribution in [3.05, 3.63) is 23.5 Å². The zero-order valence-electron chi connectivity index (χ0n) is 14.3. The second kappa shape index (κ2) is 7.51. The lowest BCUT2D eigenvalue weighted by Crippen LogP contribution is -2.29. The molecule has 0 radical (unpaired) electrons. The minimum atomic E-state index is -0.733. The number of alkyl halides is 1. The Morgan fingerprint density at radius 1 is 1.44 bits per heavy atom. The molecule has 3 rings (SSSR count). The van der Waals surface area contributed by atoms with Gasteiger partial charge < -0.3 is 9.84 Å². The van der Waals surface area contributed by atoms with Crippen LogP contribution in [0.25, 0.3) is 11.4 Å². The van der Waals surface area contributed by atoms with Crippen molar-refractivity contribution in [2.24, 2.45) is 13.0 Å². The molecule has 0 spiro atoms. The van der Waals surface area contributed by atoms with E-state index in [0.717, 1.165) is 42.0 Å². The van der Waals surface area contributed by atoms with Crippen LogP contribution < -0.4 is 4.74 Å². The second-order valence-electron chi connectivity index (χ2n) is 6.36. The summed E-state index contributed by atoms with van der Waals surface area (Å²) in [6.07, 6.45) is 2.96. The molecule has 1 saturated carbocycles. The summed E-state index contributed by atoms with van der Waals surface area (Å²) < 4.78 is 7.76. The van der Waals surface area contributed by atoms with Gasteiger partial charge in [0, 0.05) is 12.4 Å². The quantitative estimate of drug-likeness (QED) is 0.764. The molecule has 0 amide bonds. The maximum atomic E-state index is 11.2. The number of carbonyl (C=O) groups is 1. The van der Waals surface area contributed by atoms with Gasteiger partial charge in [-0.25, -0.2) is 4.98 Å². The molecule has 2 aromatic heterocycles. The predicted molar refractivity (Wildman–Crippen MR) is 95.6 cm³/mol. The van der Waals surface area contributed by atoms with Gasteiger partial charge in [0.05, 0.1) is 29.1 Å². The van der Waals surface area contributed by atoms with E-state index in [0.29, 0.717) is 17.5 Å². The van der Waals surface area contributed by atoms with Gasteiger partial charge in [-0.2, -0.15) is 0 Å². The lowest BCUT2D eigenvalue weighted by molar-refractivity contribution is -0.143. The topological polar surface area (TPSA) is 90.1 Å². The zero-order valence-corrected chi connectivity index (χ0v) is 15.9. The molecule has 1 aliphatic rings. The highest BCUT2D eigenvalue weighted by Crippen LogP contribution is 2.30. The number of hydrogen-bond acceptors (Lipinski definition) is 5. The van der Waals surface area contributed by atoms with Crippen LogP contribution in [0, 0.1) is 12.8 Å². The highest BCUT2D eigenvalue weighted by atomic mass is 79.9. The fraction of sp³-hybridized carbons (Fsp3) is 0.529. The first kappa shape index (κ1) is 17.8. The monoisotopic (exact) mass is 408 g/mol. The van der Waals surface area contributed by atoms with Gasteiger partial charge in [-0.05, 0) is 44.7 Å². The molecule has 25 heavy (non-hydrogen) atoms. The number of pyridine rings is 1. The van der Waals surface area contributed by atoms with Crippen LogP contribution in [0.2, 0.25) is 0 Å². The van der Waals surface area contributed by atoms with Crippen LogP contribution in [0.4, 0.5) is 0 Å². The Balaban J connectivity index is 1.77. The standard InChI is InChI=1S/C17H21BrN4O3/c1-10-15(25-12-5-3-4-11(8-12)17(23)24)7-6-13(19-10)16-14(9-18)22(2)21-20-16/h6-7,11-12H,3-5,8-9H2,1-2H3,(H,23,24).